The SMILES string of the molecule is CC(c1ccc(-n2cnc3ccccc32)cc1)N(C)Cc1nc(CS(C)(=O)=O)no1. The smallest absolute Gasteiger partial charge is 0.240 e. The van der Waals surface area contributed by atoms with E-state index in [1.54, 1.807) is 0 Å². The minimum Gasteiger partial charge on any atom is -0.338 e. The zero-order chi connectivity index (χ0) is 21.3. The van der Waals surface area contributed by atoms with E-state index in [0.717, 1.165) is 28.5 Å². The maximum Gasteiger partial charge on any atom is 0.240 e. The molecule has 8 nitrogen and oxygen atoms in total. The van der Waals surface area contributed by atoms with Crippen LogP contribution in [0.1, 0.15) is 30.2 Å². The lowest BCUT2D eigenvalue weighted by molar-refractivity contribution is 0.216. The molecule has 9 heteroatoms. The molecule has 0 saturated heterocycles. The lowest BCUT2D eigenvalue weighted by atomic mass is 10.1. The Bertz CT molecular complexity index is 1260. The van der Waals surface area contributed by atoms with Gasteiger partial charge in [0.2, 0.25) is 5.89 Å². The largest absolute Gasteiger partial charge is 0.338 e. The van der Waals surface area contributed by atoms with Gasteiger partial charge in [0.05, 0.1) is 17.6 Å². The quantitative estimate of drug-likeness (QED) is 0.449. The molecular weight excluding hydrogens is 402 g/mol. The summed E-state index contributed by atoms with van der Waals surface area (Å²) in [5.41, 5.74) is 4.22. The second-order valence-electron chi connectivity index (χ2n) is 7.46. The number of benzene rings is 2. The Morgan fingerprint density at radius 3 is 2.60 bits per heavy atom. The van der Waals surface area contributed by atoms with Gasteiger partial charge in [-0.3, -0.25) is 9.47 Å². The van der Waals surface area contributed by atoms with Crippen molar-refractivity contribution >= 4 is 20.9 Å². The third-order valence-electron chi connectivity index (χ3n) is 5.05. The van der Waals surface area contributed by atoms with Crippen LogP contribution in [-0.4, -0.2) is 46.3 Å². The molecule has 0 aliphatic heterocycles. The van der Waals surface area contributed by atoms with E-state index in [1.165, 1.54) is 0 Å². The standard InChI is InChI=1S/C21H23N5O3S/c1-15(25(2)12-21-23-20(24-29-21)13-30(3,27)28)16-8-10-17(11-9-16)26-14-22-18-6-4-5-7-19(18)26/h4-11,14-15H,12-13H2,1-3H3. The molecule has 0 fully saturated rings. The molecule has 2 heterocycles. The first-order valence-electron chi connectivity index (χ1n) is 9.52. The molecule has 1 unspecified atom stereocenters. The van der Waals surface area contributed by atoms with Crippen LogP contribution in [0.15, 0.2) is 59.4 Å². The molecule has 0 aliphatic rings. The number of fused-ring (bicyclic) bond motifs is 1. The fraction of sp³-hybridized carbons (Fsp3) is 0.286. The number of hydrogen-bond acceptors (Lipinski definition) is 7. The Kier molecular flexibility index (Phi) is 5.40. The molecule has 2 aromatic heterocycles. The highest BCUT2D eigenvalue weighted by Crippen LogP contribution is 2.23. The van der Waals surface area contributed by atoms with E-state index in [4.69, 9.17) is 4.52 Å². The lowest BCUT2D eigenvalue weighted by Crippen LogP contribution is -2.22. The molecule has 0 N–H and O–H groups in total. The van der Waals surface area contributed by atoms with Gasteiger partial charge in [-0.15, -0.1) is 0 Å². The first-order valence-corrected chi connectivity index (χ1v) is 11.6. The number of rotatable bonds is 7. The third kappa shape index (κ3) is 4.42. The van der Waals surface area contributed by atoms with Crippen molar-refractivity contribution in [2.24, 2.45) is 0 Å². The van der Waals surface area contributed by atoms with Crippen molar-refractivity contribution in [1.82, 2.24) is 24.6 Å². The molecule has 30 heavy (non-hydrogen) atoms. The van der Waals surface area contributed by atoms with Crippen LogP contribution < -0.4 is 0 Å². The first kappa shape index (κ1) is 20.2. The van der Waals surface area contributed by atoms with Crippen LogP contribution in [0.2, 0.25) is 0 Å². The van der Waals surface area contributed by atoms with Crippen LogP contribution in [0, 0.1) is 0 Å². The minimum absolute atomic E-state index is 0.101. The molecule has 0 aliphatic carbocycles. The summed E-state index contributed by atoms with van der Waals surface area (Å²) in [5.74, 6) is 0.357. The Morgan fingerprint density at radius 2 is 1.87 bits per heavy atom. The van der Waals surface area contributed by atoms with E-state index >= 15 is 0 Å². The number of imidazole rings is 1. The van der Waals surface area contributed by atoms with Gasteiger partial charge in [-0.2, -0.15) is 4.98 Å². The molecule has 2 aromatic carbocycles. The Labute approximate surface area is 175 Å². The molecule has 1 atom stereocenters. The van der Waals surface area contributed by atoms with Gasteiger partial charge in [-0.1, -0.05) is 29.4 Å². The number of aromatic nitrogens is 4. The van der Waals surface area contributed by atoms with Crippen LogP contribution in [0.3, 0.4) is 0 Å². The fourth-order valence-corrected chi connectivity index (χ4v) is 3.92. The number of nitrogens with zero attached hydrogens (tertiary/aromatic N) is 5. The average Bonchev–Trinajstić information content (AvgIpc) is 3.33. The summed E-state index contributed by atoms with van der Waals surface area (Å²) in [6.07, 6.45) is 2.98. The van der Waals surface area contributed by atoms with E-state index in [1.807, 2.05) is 31.6 Å². The molecule has 0 amide bonds. The van der Waals surface area contributed by atoms with Gasteiger partial charge in [0.1, 0.15) is 12.1 Å². The average molecular weight is 426 g/mol. The van der Waals surface area contributed by atoms with E-state index < -0.39 is 9.84 Å². The van der Waals surface area contributed by atoms with Crippen molar-refractivity contribution in [2.75, 3.05) is 13.3 Å². The predicted octanol–water partition coefficient (Wildman–Crippen LogP) is 3.15. The summed E-state index contributed by atoms with van der Waals surface area (Å²) in [4.78, 5) is 10.7. The zero-order valence-corrected chi connectivity index (χ0v) is 17.9. The molecule has 4 aromatic rings. The summed E-state index contributed by atoms with van der Waals surface area (Å²) in [5, 5.41) is 3.75. The summed E-state index contributed by atoms with van der Waals surface area (Å²) in [6.45, 7) is 2.52. The second kappa shape index (κ2) is 8.00. The van der Waals surface area contributed by atoms with Crippen LogP contribution >= 0.6 is 0 Å². The van der Waals surface area contributed by atoms with Crippen LogP contribution in [0.5, 0.6) is 0 Å². The molecule has 0 saturated carbocycles. The molecule has 0 radical (unpaired) electrons. The predicted molar refractivity (Wildman–Crippen MR) is 114 cm³/mol. The van der Waals surface area contributed by atoms with Gasteiger partial charge < -0.3 is 4.52 Å². The van der Waals surface area contributed by atoms with Gasteiger partial charge in [0.25, 0.3) is 0 Å². The van der Waals surface area contributed by atoms with Gasteiger partial charge in [-0.25, -0.2) is 13.4 Å². The van der Waals surface area contributed by atoms with Crippen molar-refractivity contribution in [3.63, 3.8) is 0 Å². The topological polar surface area (TPSA) is 94.1 Å². The third-order valence-corrected chi connectivity index (χ3v) is 5.84. The van der Waals surface area contributed by atoms with Crippen LogP contribution in [0.4, 0.5) is 0 Å². The van der Waals surface area contributed by atoms with Crippen molar-refractivity contribution in [1.29, 1.82) is 0 Å². The van der Waals surface area contributed by atoms with Gasteiger partial charge in [-0.05, 0) is 43.8 Å². The fourth-order valence-electron chi connectivity index (χ4n) is 3.33. The molecule has 0 spiro atoms. The van der Waals surface area contributed by atoms with Crippen LogP contribution in [-0.2, 0) is 22.1 Å². The summed E-state index contributed by atoms with van der Waals surface area (Å²) in [6, 6.07) is 16.5. The van der Waals surface area contributed by atoms with Crippen molar-refractivity contribution < 1.29 is 12.9 Å². The Balaban J connectivity index is 1.46. The number of sulfone groups is 1. The maximum atomic E-state index is 11.4. The minimum atomic E-state index is -3.19. The summed E-state index contributed by atoms with van der Waals surface area (Å²) < 4.78 is 30.0. The lowest BCUT2D eigenvalue weighted by Gasteiger charge is -2.23. The van der Waals surface area contributed by atoms with Gasteiger partial charge in [0.15, 0.2) is 15.7 Å². The summed E-state index contributed by atoms with van der Waals surface area (Å²) in [7, 11) is -1.23. The number of para-hydroxylation sites is 2. The Hall–Kier alpha value is -3.04. The van der Waals surface area contributed by atoms with E-state index in [9.17, 15) is 8.42 Å². The molecule has 4 rings (SSSR count). The van der Waals surface area contributed by atoms with E-state index in [0.29, 0.717) is 12.4 Å². The molecule has 156 valence electrons. The second-order valence-corrected chi connectivity index (χ2v) is 9.60. The van der Waals surface area contributed by atoms with Crippen molar-refractivity contribution in [3.05, 3.63) is 72.1 Å². The monoisotopic (exact) mass is 425 g/mol. The highest BCUT2D eigenvalue weighted by Gasteiger charge is 2.17. The summed E-state index contributed by atoms with van der Waals surface area (Å²) >= 11 is 0. The van der Waals surface area contributed by atoms with Gasteiger partial charge in [0, 0.05) is 18.0 Å². The highest BCUT2D eigenvalue weighted by atomic mass is 32.2. The maximum absolute atomic E-state index is 11.4. The molecular formula is C21H23N5O3S. The van der Waals surface area contributed by atoms with Crippen molar-refractivity contribution in [2.45, 2.75) is 25.3 Å². The van der Waals surface area contributed by atoms with E-state index in [-0.39, 0.29) is 17.6 Å². The first-order chi connectivity index (χ1) is 14.3. The van der Waals surface area contributed by atoms with E-state index in [2.05, 4.69) is 61.8 Å². The van der Waals surface area contributed by atoms with Gasteiger partial charge >= 0.3 is 0 Å². The zero-order valence-electron chi connectivity index (χ0n) is 17.1. The van der Waals surface area contributed by atoms with Crippen LogP contribution in [0.25, 0.3) is 16.7 Å². The Morgan fingerprint density at radius 1 is 1.13 bits per heavy atom. The highest BCUT2D eigenvalue weighted by molar-refractivity contribution is 7.89. The number of hydrogen-bond donors (Lipinski definition) is 0. The van der Waals surface area contributed by atoms with Crippen molar-refractivity contribution in [3.8, 4) is 5.69 Å². The molecule has 0 bridgehead atoms. The normalized spacial score (nSPS) is 13.2.